The Morgan fingerprint density at radius 3 is 1.22 bits per heavy atom. The summed E-state index contributed by atoms with van der Waals surface area (Å²) in [4.78, 5) is 0. The van der Waals surface area contributed by atoms with Gasteiger partial charge in [0, 0.05) is 13.1 Å². The Hall–Kier alpha value is 0.100. The average molecular weight is 565 g/mol. The summed E-state index contributed by atoms with van der Waals surface area (Å²) in [6.45, 7) is 1.68. The molecule has 0 aromatic heterocycles. The van der Waals surface area contributed by atoms with Crippen molar-refractivity contribution in [3.8, 4) is 0 Å². The molecular weight excluding hydrogens is 529 g/mol. The van der Waals surface area contributed by atoms with Crippen molar-refractivity contribution < 1.29 is 0 Å². The molecule has 0 saturated heterocycles. The van der Waals surface area contributed by atoms with Crippen LogP contribution in [0.2, 0.25) is 0 Å². The van der Waals surface area contributed by atoms with Crippen LogP contribution < -0.4 is 10.6 Å². The summed E-state index contributed by atoms with van der Waals surface area (Å²) in [6.07, 6.45) is 7.17. The first kappa shape index (κ1) is 34.3. The van der Waals surface area contributed by atoms with E-state index in [0.29, 0.717) is 0 Å². The van der Waals surface area contributed by atoms with Crippen molar-refractivity contribution in [3.63, 3.8) is 0 Å². The first-order valence-corrected chi connectivity index (χ1v) is 11.4. The highest BCUT2D eigenvalue weighted by Gasteiger charge is 2.24. The maximum absolute atomic E-state index is 6.54. The van der Waals surface area contributed by atoms with Crippen LogP contribution in [0.4, 0.5) is 0 Å². The summed E-state index contributed by atoms with van der Waals surface area (Å²) in [6, 6.07) is 20.9. The second-order valence-electron chi connectivity index (χ2n) is 8.03. The molecule has 32 heavy (non-hydrogen) atoms. The molecule has 1 saturated carbocycles. The number of halogens is 6. The fourth-order valence-electron chi connectivity index (χ4n) is 4.10. The molecule has 1 aliphatic rings. The standard InChI is InChI=1S/C24H32Cl2N2.4ClH/c25-23(27-17-21-7-3-1-4-8-21)15-19-11-13-20(14-12-19)16-24(26)28-18-22-9-5-2-6-10-22;;;;/h1-10,19-20,23-24,27-28H,11-18H2;4*1H. The SMILES string of the molecule is Cl.Cl.Cl.Cl.ClC(CC1CCC(CC(Cl)NCc2ccccc2)CC1)NCc1ccccc1. The summed E-state index contributed by atoms with van der Waals surface area (Å²) in [7, 11) is 0. The molecule has 0 spiro atoms. The normalized spacial score (nSPS) is 19.2. The van der Waals surface area contributed by atoms with Gasteiger partial charge in [0.25, 0.3) is 0 Å². The Morgan fingerprint density at radius 1 is 0.594 bits per heavy atom. The molecule has 8 heteroatoms. The zero-order valence-electron chi connectivity index (χ0n) is 18.1. The minimum Gasteiger partial charge on any atom is -0.297 e. The number of alkyl halides is 2. The predicted octanol–water partition coefficient (Wildman–Crippen LogP) is 7.97. The Labute approximate surface area is 228 Å². The molecule has 2 aromatic rings. The lowest BCUT2D eigenvalue weighted by Gasteiger charge is -2.31. The van der Waals surface area contributed by atoms with E-state index >= 15 is 0 Å². The van der Waals surface area contributed by atoms with Crippen LogP contribution in [0.25, 0.3) is 0 Å². The van der Waals surface area contributed by atoms with E-state index in [2.05, 4.69) is 59.2 Å². The van der Waals surface area contributed by atoms with Crippen molar-refractivity contribution >= 4 is 72.8 Å². The molecular formula is C24H36Cl6N2. The highest BCUT2D eigenvalue weighted by Crippen LogP contribution is 2.34. The predicted molar refractivity (Wildman–Crippen MR) is 150 cm³/mol. The van der Waals surface area contributed by atoms with Gasteiger partial charge in [0.15, 0.2) is 0 Å². The van der Waals surface area contributed by atoms with Gasteiger partial charge in [0.05, 0.1) is 11.0 Å². The number of rotatable bonds is 10. The highest BCUT2D eigenvalue weighted by molar-refractivity contribution is 6.20. The van der Waals surface area contributed by atoms with Crippen LogP contribution in [0.5, 0.6) is 0 Å². The quantitative estimate of drug-likeness (QED) is 0.226. The van der Waals surface area contributed by atoms with Gasteiger partial charge >= 0.3 is 0 Å². The summed E-state index contributed by atoms with van der Waals surface area (Å²) in [5.41, 5.74) is 2.67. The lowest BCUT2D eigenvalue weighted by molar-refractivity contribution is 0.241. The summed E-state index contributed by atoms with van der Waals surface area (Å²) in [5.74, 6) is 1.46. The zero-order valence-corrected chi connectivity index (χ0v) is 22.9. The van der Waals surface area contributed by atoms with Gasteiger partial charge in [-0.1, -0.05) is 86.3 Å². The zero-order chi connectivity index (χ0) is 19.6. The van der Waals surface area contributed by atoms with Crippen molar-refractivity contribution in [1.29, 1.82) is 0 Å². The van der Waals surface area contributed by atoms with Crippen molar-refractivity contribution in [2.75, 3.05) is 0 Å². The van der Waals surface area contributed by atoms with Gasteiger partial charge in [-0.3, -0.25) is 10.6 Å². The fourth-order valence-corrected chi connectivity index (χ4v) is 4.76. The van der Waals surface area contributed by atoms with Crippen molar-refractivity contribution in [2.45, 2.75) is 62.6 Å². The second kappa shape index (κ2) is 19.4. The minimum atomic E-state index is 0. The molecule has 2 aromatic carbocycles. The van der Waals surface area contributed by atoms with Gasteiger partial charge < -0.3 is 0 Å². The van der Waals surface area contributed by atoms with E-state index < -0.39 is 0 Å². The molecule has 0 amide bonds. The average Bonchev–Trinajstić information content (AvgIpc) is 2.74. The Bertz CT molecular complexity index is 609. The Kier molecular flexibility index (Phi) is 20.8. The molecule has 0 heterocycles. The van der Waals surface area contributed by atoms with E-state index in [1.165, 1.54) is 36.8 Å². The summed E-state index contributed by atoms with van der Waals surface area (Å²) < 4.78 is 0. The van der Waals surface area contributed by atoms with E-state index in [4.69, 9.17) is 23.2 Å². The van der Waals surface area contributed by atoms with Gasteiger partial charge in [-0.25, -0.2) is 0 Å². The number of benzene rings is 2. The van der Waals surface area contributed by atoms with E-state index in [-0.39, 0.29) is 60.6 Å². The van der Waals surface area contributed by atoms with E-state index in [1.807, 2.05) is 12.1 Å². The smallest absolute Gasteiger partial charge is 0.0830 e. The molecule has 2 unspecified atom stereocenters. The van der Waals surface area contributed by atoms with Gasteiger partial charge in [-0.15, -0.1) is 72.8 Å². The molecule has 0 radical (unpaired) electrons. The minimum absolute atomic E-state index is 0. The van der Waals surface area contributed by atoms with Gasteiger partial charge in [0.1, 0.15) is 0 Å². The van der Waals surface area contributed by atoms with E-state index in [1.54, 1.807) is 0 Å². The molecule has 1 aliphatic carbocycles. The van der Waals surface area contributed by atoms with Gasteiger partial charge in [-0.2, -0.15) is 0 Å². The monoisotopic (exact) mass is 562 g/mol. The largest absolute Gasteiger partial charge is 0.297 e. The summed E-state index contributed by atoms with van der Waals surface area (Å²) in [5, 5.41) is 6.91. The van der Waals surface area contributed by atoms with Gasteiger partial charge in [0.2, 0.25) is 0 Å². The number of hydrogen-bond donors (Lipinski definition) is 2. The lowest BCUT2D eigenvalue weighted by atomic mass is 9.79. The number of nitrogens with one attached hydrogen (secondary N) is 2. The highest BCUT2D eigenvalue weighted by atomic mass is 35.5. The fraction of sp³-hybridized carbons (Fsp3) is 0.500. The first-order chi connectivity index (χ1) is 13.7. The molecule has 184 valence electrons. The van der Waals surface area contributed by atoms with Crippen LogP contribution in [0.1, 0.15) is 49.7 Å². The van der Waals surface area contributed by atoms with Crippen LogP contribution in [0.15, 0.2) is 60.7 Å². The molecule has 2 N–H and O–H groups in total. The van der Waals surface area contributed by atoms with Crippen LogP contribution >= 0.6 is 72.8 Å². The van der Waals surface area contributed by atoms with Crippen molar-refractivity contribution in [3.05, 3.63) is 71.8 Å². The van der Waals surface area contributed by atoms with Crippen LogP contribution in [0.3, 0.4) is 0 Å². The molecule has 2 nitrogen and oxygen atoms in total. The Balaban J connectivity index is 0. The summed E-state index contributed by atoms with van der Waals surface area (Å²) >= 11 is 13.1. The maximum Gasteiger partial charge on any atom is 0.0830 e. The van der Waals surface area contributed by atoms with E-state index in [9.17, 15) is 0 Å². The van der Waals surface area contributed by atoms with Crippen LogP contribution in [-0.4, -0.2) is 11.0 Å². The van der Waals surface area contributed by atoms with Crippen molar-refractivity contribution in [2.24, 2.45) is 11.8 Å². The third-order valence-electron chi connectivity index (χ3n) is 5.79. The molecule has 1 fully saturated rings. The first-order valence-electron chi connectivity index (χ1n) is 10.5. The van der Waals surface area contributed by atoms with Crippen molar-refractivity contribution in [1.82, 2.24) is 10.6 Å². The third-order valence-corrected chi connectivity index (χ3v) is 6.45. The third kappa shape index (κ3) is 13.1. The number of hydrogen-bond acceptors (Lipinski definition) is 2. The van der Waals surface area contributed by atoms with Crippen LogP contribution in [-0.2, 0) is 13.1 Å². The van der Waals surface area contributed by atoms with Crippen LogP contribution in [0, 0.1) is 11.8 Å². The maximum atomic E-state index is 6.54. The second-order valence-corrected chi connectivity index (χ2v) is 9.08. The molecule has 0 aliphatic heterocycles. The topological polar surface area (TPSA) is 24.1 Å². The molecule has 0 bridgehead atoms. The van der Waals surface area contributed by atoms with Gasteiger partial charge in [-0.05, 0) is 35.8 Å². The molecule has 3 rings (SSSR count). The van der Waals surface area contributed by atoms with E-state index in [0.717, 1.165) is 37.8 Å². The molecule has 2 atom stereocenters. The Morgan fingerprint density at radius 2 is 0.906 bits per heavy atom. The lowest BCUT2D eigenvalue weighted by Crippen LogP contribution is -2.29.